The van der Waals surface area contributed by atoms with Crippen LogP contribution < -0.4 is 5.32 Å². The highest BCUT2D eigenvalue weighted by Crippen LogP contribution is 2.10. The normalized spacial score (nSPS) is 18.9. The molecule has 5 nitrogen and oxygen atoms in total. The summed E-state index contributed by atoms with van der Waals surface area (Å²) >= 11 is 0. The van der Waals surface area contributed by atoms with Crippen LogP contribution in [0.15, 0.2) is 24.5 Å². The van der Waals surface area contributed by atoms with Gasteiger partial charge in [-0.3, -0.25) is 4.98 Å². The van der Waals surface area contributed by atoms with Crippen molar-refractivity contribution in [3.63, 3.8) is 0 Å². The van der Waals surface area contributed by atoms with Crippen LogP contribution in [0.2, 0.25) is 0 Å². The Balaban J connectivity index is 1.71. The number of aromatic nitrogens is 1. The highest BCUT2D eigenvalue weighted by Gasteiger charge is 2.23. The Morgan fingerprint density at radius 1 is 1.60 bits per heavy atom. The highest BCUT2D eigenvalue weighted by atomic mass is 16.5. The molecule has 0 bridgehead atoms. The van der Waals surface area contributed by atoms with E-state index in [1.165, 1.54) is 0 Å². The summed E-state index contributed by atoms with van der Waals surface area (Å²) in [5.41, 5.74) is 1.14. The first-order chi connectivity index (χ1) is 9.79. The van der Waals surface area contributed by atoms with Crippen molar-refractivity contribution in [3.8, 4) is 0 Å². The predicted octanol–water partition coefficient (Wildman–Crippen LogP) is 1.83. The molecule has 1 N–H and O–H groups in total. The number of nitrogens with one attached hydrogen (secondary N) is 1. The quantitative estimate of drug-likeness (QED) is 0.893. The average Bonchev–Trinajstić information content (AvgIpc) is 2.49. The molecule has 110 valence electrons. The fraction of sp³-hybridized carbons (Fsp3) is 0.600. The van der Waals surface area contributed by atoms with Crippen LogP contribution in [0.3, 0.4) is 0 Å². The van der Waals surface area contributed by atoms with Gasteiger partial charge in [0, 0.05) is 32.0 Å². The lowest BCUT2D eigenvalue weighted by Crippen LogP contribution is -2.49. The van der Waals surface area contributed by atoms with E-state index in [4.69, 9.17) is 4.74 Å². The summed E-state index contributed by atoms with van der Waals surface area (Å²) in [7, 11) is 0. The second kappa shape index (κ2) is 7.85. The molecule has 0 unspecified atom stereocenters. The SMILES string of the molecule is CCC[C@@H]1CN(C(=O)NCCc2cccnc2)CCO1. The molecule has 1 aromatic heterocycles. The number of hydrogen-bond acceptors (Lipinski definition) is 3. The summed E-state index contributed by atoms with van der Waals surface area (Å²) in [6.45, 7) is 4.79. The molecule has 0 saturated carbocycles. The molecule has 0 spiro atoms. The van der Waals surface area contributed by atoms with E-state index in [0.29, 0.717) is 26.2 Å². The third kappa shape index (κ3) is 4.49. The first kappa shape index (κ1) is 14.8. The van der Waals surface area contributed by atoms with E-state index in [1.807, 2.05) is 23.2 Å². The monoisotopic (exact) mass is 277 g/mol. The lowest BCUT2D eigenvalue weighted by atomic mass is 10.2. The fourth-order valence-electron chi connectivity index (χ4n) is 2.37. The zero-order chi connectivity index (χ0) is 14.2. The molecule has 20 heavy (non-hydrogen) atoms. The molecule has 5 heteroatoms. The van der Waals surface area contributed by atoms with Gasteiger partial charge < -0.3 is 15.0 Å². The number of amides is 2. The number of carbonyl (C=O) groups excluding carboxylic acids is 1. The van der Waals surface area contributed by atoms with E-state index in [0.717, 1.165) is 24.8 Å². The van der Waals surface area contributed by atoms with E-state index in [1.54, 1.807) is 6.20 Å². The van der Waals surface area contributed by atoms with Crippen LogP contribution in [-0.2, 0) is 11.2 Å². The number of urea groups is 1. The number of rotatable bonds is 5. The van der Waals surface area contributed by atoms with Gasteiger partial charge in [0.05, 0.1) is 12.7 Å². The van der Waals surface area contributed by atoms with Crippen molar-refractivity contribution in [1.82, 2.24) is 15.2 Å². The third-order valence-corrected chi connectivity index (χ3v) is 3.45. The lowest BCUT2D eigenvalue weighted by Gasteiger charge is -2.32. The van der Waals surface area contributed by atoms with Crippen molar-refractivity contribution in [2.24, 2.45) is 0 Å². The van der Waals surface area contributed by atoms with Crippen LogP contribution in [-0.4, -0.2) is 48.3 Å². The van der Waals surface area contributed by atoms with Gasteiger partial charge in [0.1, 0.15) is 0 Å². The van der Waals surface area contributed by atoms with Crippen molar-refractivity contribution >= 4 is 6.03 Å². The second-order valence-electron chi connectivity index (χ2n) is 5.07. The van der Waals surface area contributed by atoms with E-state index in [-0.39, 0.29) is 12.1 Å². The minimum atomic E-state index is 0.0123. The van der Waals surface area contributed by atoms with Crippen LogP contribution in [0.4, 0.5) is 4.79 Å². The number of pyridine rings is 1. The summed E-state index contributed by atoms with van der Waals surface area (Å²) < 4.78 is 5.64. The van der Waals surface area contributed by atoms with Gasteiger partial charge in [-0.2, -0.15) is 0 Å². The van der Waals surface area contributed by atoms with Crippen molar-refractivity contribution < 1.29 is 9.53 Å². The summed E-state index contributed by atoms with van der Waals surface area (Å²) in [4.78, 5) is 18.0. The van der Waals surface area contributed by atoms with Gasteiger partial charge in [0.25, 0.3) is 0 Å². The van der Waals surface area contributed by atoms with E-state index >= 15 is 0 Å². The summed E-state index contributed by atoms with van der Waals surface area (Å²) in [6.07, 6.45) is 6.68. The average molecular weight is 277 g/mol. The van der Waals surface area contributed by atoms with Crippen molar-refractivity contribution in [2.75, 3.05) is 26.2 Å². The Kier molecular flexibility index (Phi) is 5.80. The minimum Gasteiger partial charge on any atom is -0.375 e. The standard InChI is InChI=1S/C15H23N3O2/c1-2-4-14-12-18(9-10-20-14)15(19)17-8-6-13-5-3-7-16-11-13/h3,5,7,11,14H,2,4,6,8-10,12H2,1H3,(H,17,19)/t14-/m1/s1. The molecule has 0 aliphatic carbocycles. The molecule has 2 amide bonds. The van der Waals surface area contributed by atoms with E-state index < -0.39 is 0 Å². The van der Waals surface area contributed by atoms with Crippen LogP contribution >= 0.6 is 0 Å². The van der Waals surface area contributed by atoms with E-state index in [2.05, 4.69) is 17.2 Å². The van der Waals surface area contributed by atoms with Gasteiger partial charge in [-0.15, -0.1) is 0 Å². The zero-order valence-corrected chi connectivity index (χ0v) is 12.0. The maximum absolute atomic E-state index is 12.1. The molecule has 1 aromatic rings. The maximum atomic E-state index is 12.1. The second-order valence-corrected chi connectivity index (χ2v) is 5.07. The van der Waals surface area contributed by atoms with Gasteiger partial charge in [-0.25, -0.2) is 4.79 Å². The Hall–Kier alpha value is -1.62. The fourth-order valence-corrected chi connectivity index (χ4v) is 2.37. The Morgan fingerprint density at radius 3 is 3.25 bits per heavy atom. The third-order valence-electron chi connectivity index (χ3n) is 3.45. The molecule has 0 aromatic carbocycles. The highest BCUT2D eigenvalue weighted by molar-refractivity contribution is 5.74. The van der Waals surface area contributed by atoms with E-state index in [9.17, 15) is 4.79 Å². The van der Waals surface area contributed by atoms with Gasteiger partial charge in [0.15, 0.2) is 0 Å². The molecular weight excluding hydrogens is 254 g/mol. The molecule has 1 fully saturated rings. The zero-order valence-electron chi connectivity index (χ0n) is 12.0. The molecule has 1 saturated heterocycles. The summed E-state index contributed by atoms with van der Waals surface area (Å²) in [5.74, 6) is 0. The summed E-state index contributed by atoms with van der Waals surface area (Å²) in [5, 5.41) is 2.97. The number of ether oxygens (including phenoxy) is 1. The van der Waals surface area contributed by atoms with Gasteiger partial charge in [-0.05, 0) is 24.5 Å². The Bertz CT molecular complexity index is 409. The largest absolute Gasteiger partial charge is 0.375 e. The number of carbonyl (C=O) groups is 1. The molecule has 1 aliphatic heterocycles. The molecular formula is C15H23N3O2. The molecule has 0 radical (unpaired) electrons. The van der Waals surface area contributed by atoms with Gasteiger partial charge >= 0.3 is 6.03 Å². The Morgan fingerprint density at radius 2 is 2.50 bits per heavy atom. The Labute approximate surface area is 120 Å². The van der Waals surface area contributed by atoms with Gasteiger partial charge in [-0.1, -0.05) is 19.4 Å². The van der Waals surface area contributed by atoms with Crippen LogP contribution in [0, 0.1) is 0 Å². The smallest absolute Gasteiger partial charge is 0.317 e. The van der Waals surface area contributed by atoms with Gasteiger partial charge in [0.2, 0.25) is 0 Å². The lowest BCUT2D eigenvalue weighted by molar-refractivity contribution is -0.0180. The molecule has 1 aliphatic rings. The number of morpholine rings is 1. The van der Waals surface area contributed by atoms with Crippen LogP contribution in [0.1, 0.15) is 25.3 Å². The minimum absolute atomic E-state index is 0.0123. The molecule has 2 heterocycles. The topological polar surface area (TPSA) is 54.5 Å². The predicted molar refractivity (Wildman–Crippen MR) is 77.6 cm³/mol. The summed E-state index contributed by atoms with van der Waals surface area (Å²) in [6, 6.07) is 3.94. The molecule has 2 rings (SSSR count). The first-order valence-corrected chi connectivity index (χ1v) is 7.33. The number of hydrogen-bond donors (Lipinski definition) is 1. The first-order valence-electron chi connectivity index (χ1n) is 7.33. The van der Waals surface area contributed by atoms with Crippen LogP contribution in [0.5, 0.6) is 0 Å². The maximum Gasteiger partial charge on any atom is 0.317 e. The molecule has 1 atom stereocenters. The number of nitrogens with zero attached hydrogens (tertiary/aromatic N) is 2. The van der Waals surface area contributed by atoms with Crippen LogP contribution in [0.25, 0.3) is 0 Å². The van der Waals surface area contributed by atoms with Crippen molar-refractivity contribution in [2.45, 2.75) is 32.3 Å². The van der Waals surface area contributed by atoms with Crippen molar-refractivity contribution in [3.05, 3.63) is 30.1 Å². The van der Waals surface area contributed by atoms with Crippen molar-refractivity contribution in [1.29, 1.82) is 0 Å².